The molecule has 0 aromatic heterocycles. The molecule has 0 aromatic carbocycles. The van der Waals surface area contributed by atoms with E-state index in [9.17, 15) is 4.79 Å². The van der Waals surface area contributed by atoms with Crippen LogP contribution in [0.15, 0.2) is 0 Å². The molecule has 1 atom stereocenters. The summed E-state index contributed by atoms with van der Waals surface area (Å²) in [6.45, 7) is 5.01. The topological polar surface area (TPSA) is 58.6 Å². The molecule has 0 bridgehead atoms. The Morgan fingerprint density at radius 2 is 2.00 bits per heavy atom. The molecule has 0 spiro atoms. The maximum atomic E-state index is 11.3. The number of nitrogens with one attached hydrogen (secondary N) is 1. The third kappa shape index (κ3) is 6.47. The summed E-state index contributed by atoms with van der Waals surface area (Å²) < 4.78 is 4.71. The SMILES string of the molecule is COC(=O)C(NCCCCCO)C(C)C. The molecule has 0 fully saturated rings. The third-order valence-corrected chi connectivity index (χ3v) is 2.32. The van der Waals surface area contributed by atoms with Crippen LogP contribution >= 0.6 is 0 Å². The van der Waals surface area contributed by atoms with Gasteiger partial charge in [0.25, 0.3) is 0 Å². The number of unbranched alkanes of at least 4 members (excludes halogenated alkanes) is 2. The number of carbonyl (C=O) groups is 1. The molecule has 4 heteroatoms. The third-order valence-electron chi connectivity index (χ3n) is 2.32. The maximum Gasteiger partial charge on any atom is 0.323 e. The molecular formula is C11H23NO3. The second-order valence-electron chi connectivity index (χ2n) is 3.98. The van der Waals surface area contributed by atoms with Gasteiger partial charge in [-0.25, -0.2) is 0 Å². The lowest BCUT2D eigenvalue weighted by atomic mass is 10.0. The molecule has 0 amide bonds. The van der Waals surface area contributed by atoms with Crippen LogP contribution in [-0.2, 0) is 9.53 Å². The monoisotopic (exact) mass is 217 g/mol. The van der Waals surface area contributed by atoms with Gasteiger partial charge in [-0.2, -0.15) is 0 Å². The second kappa shape index (κ2) is 8.68. The smallest absolute Gasteiger partial charge is 0.323 e. The van der Waals surface area contributed by atoms with Crippen molar-refractivity contribution in [2.75, 3.05) is 20.3 Å². The summed E-state index contributed by atoms with van der Waals surface area (Å²) in [5.74, 6) is 0.0300. The van der Waals surface area contributed by atoms with Crippen molar-refractivity contribution in [2.24, 2.45) is 5.92 Å². The lowest BCUT2D eigenvalue weighted by Crippen LogP contribution is -2.42. The molecule has 0 aliphatic heterocycles. The Morgan fingerprint density at radius 1 is 1.33 bits per heavy atom. The van der Waals surface area contributed by atoms with Gasteiger partial charge in [0.2, 0.25) is 0 Å². The number of methoxy groups -OCH3 is 1. The Bertz CT molecular complexity index is 171. The highest BCUT2D eigenvalue weighted by molar-refractivity contribution is 5.75. The first-order chi connectivity index (χ1) is 7.13. The van der Waals surface area contributed by atoms with Gasteiger partial charge < -0.3 is 15.2 Å². The second-order valence-corrected chi connectivity index (χ2v) is 3.98. The van der Waals surface area contributed by atoms with Gasteiger partial charge in [-0.1, -0.05) is 13.8 Å². The van der Waals surface area contributed by atoms with Crippen LogP contribution in [0.2, 0.25) is 0 Å². The van der Waals surface area contributed by atoms with Crippen LogP contribution in [-0.4, -0.2) is 37.4 Å². The summed E-state index contributed by atoms with van der Waals surface area (Å²) in [5.41, 5.74) is 0. The quantitative estimate of drug-likeness (QED) is 0.469. The van der Waals surface area contributed by atoms with Crippen LogP contribution in [0.1, 0.15) is 33.1 Å². The average Bonchev–Trinajstić information content (AvgIpc) is 2.22. The number of carbonyl (C=O) groups excluding carboxylic acids is 1. The zero-order valence-electron chi connectivity index (χ0n) is 9.95. The summed E-state index contributed by atoms with van der Waals surface area (Å²) in [6.07, 6.45) is 2.78. The van der Waals surface area contributed by atoms with E-state index in [1.165, 1.54) is 7.11 Å². The minimum absolute atomic E-state index is 0.202. The Labute approximate surface area is 92.0 Å². The molecule has 90 valence electrons. The van der Waals surface area contributed by atoms with Crippen LogP contribution in [0, 0.1) is 5.92 Å². The zero-order chi connectivity index (χ0) is 11.7. The van der Waals surface area contributed by atoms with E-state index < -0.39 is 0 Å². The van der Waals surface area contributed by atoms with Gasteiger partial charge in [0, 0.05) is 6.61 Å². The van der Waals surface area contributed by atoms with Crippen LogP contribution in [0.25, 0.3) is 0 Å². The number of ether oxygens (including phenoxy) is 1. The van der Waals surface area contributed by atoms with Gasteiger partial charge in [0.05, 0.1) is 7.11 Å². The highest BCUT2D eigenvalue weighted by Crippen LogP contribution is 2.04. The van der Waals surface area contributed by atoms with Crippen molar-refractivity contribution < 1.29 is 14.6 Å². The van der Waals surface area contributed by atoms with E-state index in [-0.39, 0.29) is 24.5 Å². The van der Waals surface area contributed by atoms with Crippen molar-refractivity contribution >= 4 is 5.97 Å². The summed E-state index contributed by atoms with van der Waals surface area (Å²) in [7, 11) is 1.41. The Balaban J connectivity index is 3.72. The number of hydrogen-bond donors (Lipinski definition) is 2. The van der Waals surface area contributed by atoms with Crippen LogP contribution in [0.4, 0.5) is 0 Å². The first-order valence-corrected chi connectivity index (χ1v) is 5.55. The normalized spacial score (nSPS) is 12.9. The standard InChI is InChI=1S/C11H23NO3/c1-9(2)10(11(14)15-3)12-7-5-4-6-8-13/h9-10,12-13H,4-8H2,1-3H3. The molecular weight excluding hydrogens is 194 g/mol. The molecule has 0 radical (unpaired) electrons. The van der Waals surface area contributed by atoms with Gasteiger partial charge >= 0.3 is 5.97 Å². The predicted octanol–water partition coefficient (Wildman–Crippen LogP) is 0.936. The highest BCUT2D eigenvalue weighted by atomic mass is 16.5. The van der Waals surface area contributed by atoms with E-state index in [4.69, 9.17) is 9.84 Å². The first-order valence-electron chi connectivity index (χ1n) is 5.55. The van der Waals surface area contributed by atoms with Crippen molar-refractivity contribution in [1.82, 2.24) is 5.32 Å². The fourth-order valence-electron chi connectivity index (χ4n) is 1.39. The van der Waals surface area contributed by atoms with Gasteiger partial charge in [-0.15, -0.1) is 0 Å². The zero-order valence-corrected chi connectivity index (χ0v) is 9.95. The number of esters is 1. The van der Waals surface area contributed by atoms with Crippen molar-refractivity contribution in [2.45, 2.75) is 39.2 Å². The van der Waals surface area contributed by atoms with E-state index in [0.717, 1.165) is 25.8 Å². The minimum atomic E-state index is -0.218. The molecule has 2 N–H and O–H groups in total. The molecule has 0 rings (SSSR count). The Morgan fingerprint density at radius 3 is 2.47 bits per heavy atom. The molecule has 0 aliphatic rings. The van der Waals surface area contributed by atoms with E-state index in [1.807, 2.05) is 13.8 Å². The van der Waals surface area contributed by atoms with Crippen molar-refractivity contribution in [1.29, 1.82) is 0 Å². The summed E-state index contributed by atoms with van der Waals surface area (Å²) in [5, 5.41) is 11.8. The maximum absolute atomic E-state index is 11.3. The van der Waals surface area contributed by atoms with Crippen LogP contribution < -0.4 is 5.32 Å². The number of hydrogen-bond acceptors (Lipinski definition) is 4. The molecule has 0 saturated carbocycles. The summed E-state index contributed by atoms with van der Waals surface area (Å²) in [4.78, 5) is 11.3. The predicted molar refractivity (Wildman–Crippen MR) is 59.6 cm³/mol. The number of rotatable bonds is 8. The lowest BCUT2D eigenvalue weighted by Gasteiger charge is -2.19. The van der Waals surface area contributed by atoms with E-state index in [1.54, 1.807) is 0 Å². The summed E-state index contributed by atoms with van der Waals surface area (Å²) >= 11 is 0. The van der Waals surface area contributed by atoms with Gasteiger partial charge in [-0.05, 0) is 31.7 Å². The van der Waals surface area contributed by atoms with Gasteiger partial charge in [0.1, 0.15) is 6.04 Å². The minimum Gasteiger partial charge on any atom is -0.468 e. The molecule has 0 aromatic rings. The fraction of sp³-hybridized carbons (Fsp3) is 0.909. The fourth-order valence-corrected chi connectivity index (χ4v) is 1.39. The van der Waals surface area contributed by atoms with Gasteiger partial charge in [-0.3, -0.25) is 4.79 Å². The average molecular weight is 217 g/mol. The Kier molecular flexibility index (Phi) is 8.33. The molecule has 15 heavy (non-hydrogen) atoms. The molecule has 0 aliphatic carbocycles. The van der Waals surface area contributed by atoms with Gasteiger partial charge in [0.15, 0.2) is 0 Å². The van der Waals surface area contributed by atoms with Crippen LogP contribution in [0.5, 0.6) is 0 Å². The van der Waals surface area contributed by atoms with E-state index in [2.05, 4.69) is 5.32 Å². The molecule has 0 heterocycles. The van der Waals surface area contributed by atoms with Crippen molar-refractivity contribution in [3.8, 4) is 0 Å². The molecule has 4 nitrogen and oxygen atoms in total. The van der Waals surface area contributed by atoms with E-state index in [0.29, 0.717) is 0 Å². The first kappa shape index (κ1) is 14.4. The van der Waals surface area contributed by atoms with Crippen molar-refractivity contribution in [3.63, 3.8) is 0 Å². The molecule has 0 saturated heterocycles. The van der Waals surface area contributed by atoms with Crippen LogP contribution in [0.3, 0.4) is 0 Å². The van der Waals surface area contributed by atoms with E-state index >= 15 is 0 Å². The summed E-state index contributed by atoms with van der Waals surface area (Å²) in [6, 6.07) is -0.218. The number of aliphatic hydroxyl groups is 1. The number of aliphatic hydroxyl groups excluding tert-OH is 1. The van der Waals surface area contributed by atoms with Crippen molar-refractivity contribution in [3.05, 3.63) is 0 Å². The highest BCUT2D eigenvalue weighted by Gasteiger charge is 2.21. The largest absolute Gasteiger partial charge is 0.468 e. The lowest BCUT2D eigenvalue weighted by molar-refractivity contribution is -0.144. The Hall–Kier alpha value is -0.610. The molecule has 1 unspecified atom stereocenters.